The normalized spacial score (nSPS) is 15.1. The van der Waals surface area contributed by atoms with Crippen molar-refractivity contribution in [2.45, 2.75) is 51.9 Å². The van der Waals surface area contributed by atoms with Crippen LogP contribution in [0.4, 0.5) is 0 Å². The minimum atomic E-state index is 1.01. The zero-order valence-electron chi connectivity index (χ0n) is 11.4. The summed E-state index contributed by atoms with van der Waals surface area (Å²) in [6, 6.07) is 8.97. The van der Waals surface area contributed by atoms with Gasteiger partial charge in [-0.25, -0.2) is 0 Å². The maximum atomic E-state index is 4.38. The highest BCUT2D eigenvalue weighted by Gasteiger charge is 2.07. The molecule has 1 aromatic carbocycles. The van der Waals surface area contributed by atoms with Gasteiger partial charge in [-0.15, -0.1) is 0 Å². The summed E-state index contributed by atoms with van der Waals surface area (Å²) in [6.07, 6.45) is 8.85. The van der Waals surface area contributed by atoms with E-state index in [1.54, 1.807) is 0 Å². The molecule has 0 unspecified atom stereocenters. The summed E-state index contributed by atoms with van der Waals surface area (Å²) in [5.41, 5.74) is 7.03. The zero-order valence-corrected chi connectivity index (χ0v) is 11.4. The van der Waals surface area contributed by atoms with Gasteiger partial charge in [-0.2, -0.15) is 5.10 Å². The van der Waals surface area contributed by atoms with Crippen LogP contribution in [0, 0.1) is 0 Å². The second-order valence-electron chi connectivity index (χ2n) is 5.08. The van der Waals surface area contributed by atoms with Crippen LogP contribution in [0.15, 0.2) is 29.4 Å². The lowest BCUT2D eigenvalue weighted by Crippen LogP contribution is -2.19. The summed E-state index contributed by atoms with van der Waals surface area (Å²) in [4.78, 5) is 0. The van der Waals surface area contributed by atoms with Crippen LogP contribution >= 0.6 is 0 Å². The molecular weight excluding hydrogens is 220 g/mol. The molecule has 1 aliphatic heterocycles. The minimum Gasteiger partial charge on any atom is -0.310 e. The minimum absolute atomic E-state index is 1.01. The van der Waals surface area contributed by atoms with Crippen LogP contribution in [-0.2, 0) is 6.42 Å². The average Bonchev–Trinajstić information content (AvgIpc) is 2.45. The van der Waals surface area contributed by atoms with Crippen molar-refractivity contribution in [1.29, 1.82) is 0 Å². The first kappa shape index (κ1) is 13.1. The van der Waals surface area contributed by atoms with E-state index in [2.05, 4.69) is 41.7 Å². The van der Waals surface area contributed by atoms with Gasteiger partial charge in [0.25, 0.3) is 0 Å². The third kappa shape index (κ3) is 3.86. The number of benzene rings is 1. The molecule has 2 nitrogen and oxygen atoms in total. The van der Waals surface area contributed by atoms with Crippen LogP contribution in [0.2, 0.25) is 0 Å². The summed E-state index contributed by atoms with van der Waals surface area (Å²) in [6.45, 7) is 3.27. The maximum absolute atomic E-state index is 4.38. The van der Waals surface area contributed by atoms with Gasteiger partial charge in [-0.05, 0) is 36.8 Å². The number of unbranched alkanes of at least 4 members (excludes halogenated alkanes) is 3. The molecule has 0 spiro atoms. The Labute approximate surface area is 110 Å². The number of hydrazone groups is 1. The molecule has 2 heteroatoms. The van der Waals surface area contributed by atoms with Gasteiger partial charge in [-0.1, -0.05) is 50.5 Å². The molecule has 2 rings (SSSR count). The standard InChI is InChI=1S/C16H24N2/c1-2-3-4-5-7-14-9-11-15(12-10-14)16-8-6-13-17-18-16/h9-12,17H,2-8,13H2,1H3. The van der Waals surface area contributed by atoms with Crippen LogP contribution in [0.1, 0.15) is 56.6 Å². The van der Waals surface area contributed by atoms with Gasteiger partial charge in [0.05, 0.1) is 5.71 Å². The Balaban J connectivity index is 1.87. The highest BCUT2D eigenvalue weighted by molar-refractivity contribution is 6.00. The molecule has 98 valence electrons. The van der Waals surface area contributed by atoms with E-state index < -0.39 is 0 Å². The van der Waals surface area contributed by atoms with Gasteiger partial charge in [0.2, 0.25) is 0 Å². The first-order chi connectivity index (χ1) is 8.90. The van der Waals surface area contributed by atoms with E-state index in [1.807, 2.05) is 0 Å². The van der Waals surface area contributed by atoms with Crippen molar-refractivity contribution in [3.05, 3.63) is 35.4 Å². The monoisotopic (exact) mass is 244 g/mol. The lowest BCUT2D eigenvalue weighted by atomic mass is 10.0. The predicted octanol–water partition coefficient (Wildman–Crippen LogP) is 3.90. The average molecular weight is 244 g/mol. The van der Waals surface area contributed by atoms with Gasteiger partial charge in [-0.3, -0.25) is 0 Å². The highest BCUT2D eigenvalue weighted by Crippen LogP contribution is 2.13. The first-order valence-corrected chi connectivity index (χ1v) is 7.29. The maximum Gasteiger partial charge on any atom is 0.0675 e. The Hall–Kier alpha value is -1.31. The first-order valence-electron chi connectivity index (χ1n) is 7.29. The molecule has 1 heterocycles. The summed E-state index contributed by atoms with van der Waals surface area (Å²) < 4.78 is 0. The lowest BCUT2D eigenvalue weighted by Gasteiger charge is -2.13. The molecule has 0 atom stereocenters. The van der Waals surface area contributed by atoms with Gasteiger partial charge < -0.3 is 5.43 Å². The van der Waals surface area contributed by atoms with Crippen molar-refractivity contribution >= 4 is 5.71 Å². The van der Waals surface area contributed by atoms with Crippen molar-refractivity contribution in [2.75, 3.05) is 6.54 Å². The summed E-state index contributed by atoms with van der Waals surface area (Å²) in [5.74, 6) is 0. The van der Waals surface area contributed by atoms with Gasteiger partial charge in [0.15, 0.2) is 0 Å². The molecule has 0 radical (unpaired) electrons. The van der Waals surface area contributed by atoms with Gasteiger partial charge in [0.1, 0.15) is 0 Å². The van der Waals surface area contributed by atoms with Crippen molar-refractivity contribution in [3.8, 4) is 0 Å². The molecule has 0 bridgehead atoms. The fourth-order valence-corrected chi connectivity index (χ4v) is 2.37. The molecule has 18 heavy (non-hydrogen) atoms. The molecule has 0 saturated carbocycles. The third-order valence-electron chi connectivity index (χ3n) is 3.52. The number of rotatable bonds is 6. The van der Waals surface area contributed by atoms with E-state index in [4.69, 9.17) is 0 Å². The Bertz CT molecular complexity index is 379. The summed E-state index contributed by atoms with van der Waals surface area (Å²) >= 11 is 0. The Morgan fingerprint density at radius 1 is 1.11 bits per heavy atom. The van der Waals surface area contributed by atoms with Crippen LogP contribution < -0.4 is 5.43 Å². The quantitative estimate of drug-likeness (QED) is 0.754. The molecule has 0 aromatic heterocycles. The van der Waals surface area contributed by atoms with Crippen LogP contribution in [0.5, 0.6) is 0 Å². The van der Waals surface area contributed by atoms with Crippen molar-refractivity contribution in [1.82, 2.24) is 5.43 Å². The van der Waals surface area contributed by atoms with E-state index in [0.717, 1.165) is 13.0 Å². The Morgan fingerprint density at radius 2 is 1.94 bits per heavy atom. The fourth-order valence-electron chi connectivity index (χ4n) is 2.37. The van der Waals surface area contributed by atoms with Crippen molar-refractivity contribution in [3.63, 3.8) is 0 Å². The Kier molecular flexibility index (Phi) is 5.25. The van der Waals surface area contributed by atoms with E-state index in [9.17, 15) is 0 Å². The second-order valence-corrected chi connectivity index (χ2v) is 5.08. The van der Waals surface area contributed by atoms with E-state index in [0.29, 0.717) is 0 Å². The van der Waals surface area contributed by atoms with Gasteiger partial charge in [0, 0.05) is 6.54 Å². The number of hydrogen-bond acceptors (Lipinski definition) is 2. The number of aryl methyl sites for hydroxylation is 1. The smallest absolute Gasteiger partial charge is 0.0675 e. The predicted molar refractivity (Wildman–Crippen MR) is 78.1 cm³/mol. The molecular formula is C16H24N2. The fraction of sp³-hybridized carbons (Fsp3) is 0.562. The third-order valence-corrected chi connectivity index (χ3v) is 3.52. The van der Waals surface area contributed by atoms with Crippen molar-refractivity contribution in [2.24, 2.45) is 5.10 Å². The number of nitrogens with zero attached hydrogens (tertiary/aromatic N) is 1. The van der Waals surface area contributed by atoms with Crippen molar-refractivity contribution < 1.29 is 0 Å². The van der Waals surface area contributed by atoms with Crippen LogP contribution in [-0.4, -0.2) is 12.3 Å². The largest absolute Gasteiger partial charge is 0.310 e. The molecule has 1 N–H and O–H groups in total. The molecule has 0 amide bonds. The summed E-state index contributed by atoms with van der Waals surface area (Å²) in [7, 11) is 0. The molecule has 0 saturated heterocycles. The van der Waals surface area contributed by atoms with E-state index in [-0.39, 0.29) is 0 Å². The van der Waals surface area contributed by atoms with Crippen LogP contribution in [0.3, 0.4) is 0 Å². The molecule has 1 aromatic rings. The SMILES string of the molecule is CCCCCCc1ccc(C2=NNCCC2)cc1. The molecule has 0 fully saturated rings. The Morgan fingerprint density at radius 3 is 2.61 bits per heavy atom. The topological polar surface area (TPSA) is 24.4 Å². The second kappa shape index (κ2) is 7.20. The lowest BCUT2D eigenvalue weighted by molar-refractivity contribution is 0.662. The van der Waals surface area contributed by atoms with Gasteiger partial charge >= 0.3 is 0 Å². The summed E-state index contributed by atoms with van der Waals surface area (Å²) in [5, 5.41) is 4.38. The highest BCUT2D eigenvalue weighted by atomic mass is 15.3. The molecule has 0 aliphatic carbocycles. The molecule has 1 aliphatic rings. The zero-order chi connectivity index (χ0) is 12.6. The van der Waals surface area contributed by atoms with Crippen LogP contribution in [0.25, 0.3) is 0 Å². The van der Waals surface area contributed by atoms with E-state index in [1.165, 1.54) is 55.4 Å². The number of hydrogen-bond donors (Lipinski definition) is 1. The van der Waals surface area contributed by atoms with E-state index >= 15 is 0 Å². The number of nitrogens with one attached hydrogen (secondary N) is 1.